The van der Waals surface area contributed by atoms with Crippen molar-refractivity contribution >= 4 is 27.0 Å². The molecule has 3 aliphatic rings. The number of halogens is 6. The van der Waals surface area contributed by atoms with Gasteiger partial charge in [0.15, 0.2) is 5.65 Å². The number of carbonyl (C=O) groups excluding carboxylic acids is 1. The van der Waals surface area contributed by atoms with E-state index in [0.717, 1.165) is 16.7 Å². The number of nitrogens with one attached hydrogen (secondary N) is 1. The van der Waals surface area contributed by atoms with Crippen LogP contribution >= 0.6 is 0 Å². The van der Waals surface area contributed by atoms with Crippen LogP contribution in [0.1, 0.15) is 53.1 Å². The number of morpholine rings is 1. The molecule has 5 aromatic rings. The lowest BCUT2D eigenvalue weighted by atomic mass is 10.0. The van der Waals surface area contributed by atoms with E-state index in [1.807, 2.05) is 0 Å². The van der Waals surface area contributed by atoms with E-state index in [0.29, 0.717) is 10.7 Å². The van der Waals surface area contributed by atoms with E-state index in [1.54, 1.807) is 0 Å². The highest BCUT2D eigenvalue weighted by molar-refractivity contribution is 7.89. The Balaban J connectivity index is 1.21. The molecule has 8 rings (SSSR count). The number of rotatable bonds is 10. The van der Waals surface area contributed by atoms with Crippen LogP contribution in [0.4, 0.5) is 26.3 Å². The van der Waals surface area contributed by atoms with Crippen molar-refractivity contribution in [2.24, 2.45) is 5.92 Å². The molecule has 2 aliphatic carbocycles. The van der Waals surface area contributed by atoms with Crippen LogP contribution < -0.4 is 10.9 Å². The van der Waals surface area contributed by atoms with Crippen LogP contribution in [0.3, 0.4) is 0 Å². The maximum absolute atomic E-state index is 15.3. The summed E-state index contributed by atoms with van der Waals surface area (Å²) in [6.45, 7) is -0.228. The van der Waals surface area contributed by atoms with Crippen LogP contribution in [-0.4, -0.2) is 69.2 Å². The first kappa shape index (κ1) is 35.9. The average molecular weight is 774 g/mol. The minimum absolute atomic E-state index is 0.00161. The predicted octanol–water partition coefficient (Wildman–Crippen LogP) is 4.52. The van der Waals surface area contributed by atoms with E-state index in [9.17, 15) is 35.6 Å². The number of amides is 1. The molecule has 54 heavy (non-hydrogen) atoms. The number of nitrogens with zero attached hydrogens (tertiary/aromatic N) is 6. The number of aromatic nitrogens is 5. The summed E-state index contributed by atoms with van der Waals surface area (Å²) in [4.78, 5) is 36.5. The van der Waals surface area contributed by atoms with E-state index in [2.05, 4.69) is 20.4 Å². The van der Waals surface area contributed by atoms with E-state index >= 15 is 8.78 Å². The molecule has 0 spiro atoms. The monoisotopic (exact) mass is 773 g/mol. The molecule has 282 valence electrons. The molecule has 0 radical (unpaired) electrons. The zero-order valence-corrected chi connectivity index (χ0v) is 28.7. The van der Waals surface area contributed by atoms with Crippen LogP contribution in [0, 0.1) is 17.6 Å². The van der Waals surface area contributed by atoms with Crippen molar-refractivity contribution in [1.29, 1.82) is 0 Å². The van der Waals surface area contributed by atoms with Gasteiger partial charge < -0.3 is 10.1 Å². The number of benzene rings is 2. The molecule has 1 aliphatic heterocycles. The highest BCUT2D eigenvalue weighted by Crippen LogP contribution is 2.68. The minimum Gasteiger partial charge on any atom is -0.379 e. The third kappa shape index (κ3) is 6.22. The average Bonchev–Trinajstić information content (AvgIpc) is 3.80. The van der Waals surface area contributed by atoms with Crippen molar-refractivity contribution in [3.05, 3.63) is 111 Å². The largest absolute Gasteiger partial charge is 0.379 e. The van der Waals surface area contributed by atoms with Gasteiger partial charge in [-0.1, -0.05) is 0 Å². The molecule has 2 fully saturated rings. The molecule has 1 saturated carbocycles. The molecule has 1 saturated heterocycles. The third-order valence-electron chi connectivity index (χ3n) is 9.84. The van der Waals surface area contributed by atoms with Crippen LogP contribution in [-0.2, 0) is 38.4 Å². The summed E-state index contributed by atoms with van der Waals surface area (Å²) < 4.78 is 122. The second-order valence-electron chi connectivity index (χ2n) is 13.3. The third-order valence-corrected chi connectivity index (χ3v) is 11.8. The van der Waals surface area contributed by atoms with Crippen molar-refractivity contribution in [3.63, 3.8) is 0 Å². The van der Waals surface area contributed by atoms with E-state index in [-0.39, 0.29) is 71.3 Å². The highest BCUT2D eigenvalue weighted by Gasteiger charge is 2.67. The van der Waals surface area contributed by atoms with Gasteiger partial charge >= 0.3 is 0 Å². The first-order valence-corrected chi connectivity index (χ1v) is 18.3. The standard InChI is InChI=1S/C35H29F6N7O5S/c36-19-12-18(13-20(37)15-19)14-26(43-27(49)17-47-30-28(29(45-47)31(38)39)24-16-25(24)35(30,40)41)33-44-32-23(2-1-7-42-32)34(50)48(33)21-3-5-22(6-4-21)54(51,52)46-8-10-53-11-9-46/h1-7,12-13,15,24-26,31H,8-11,14,16-17H2,(H,43,49). The van der Waals surface area contributed by atoms with Crippen LogP contribution in [0.25, 0.3) is 16.7 Å². The Labute approximate surface area is 302 Å². The lowest BCUT2D eigenvalue weighted by molar-refractivity contribution is -0.123. The van der Waals surface area contributed by atoms with Gasteiger partial charge in [0.05, 0.1) is 35.2 Å². The van der Waals surface area contributed by atoms with E-state index in [4.69, 9.17) is 4.74 Å². The Hall–Kier alpha value is -5.14. The Morgan fingerprint density at radius 2 is 1.74 bits per heavy atom. The number of ether oxygens (including phenoxy) is 1. The Morgan fingerprint density at radius 3 is 2.43 bits per heavy atom. The molecule has 12 nitrogen and oxygen atoms in total. The molecule has 0 bridgehead atoms. The zero-order valence-electron chi connectivity index (χ0n) is 27.9. The zero-order chi connectivity index (χ0) is 38.1. The summed E-state index contributed by atoms with van der Waals surface area (Å²) >= 11 is 0. The van der Waals surface area contributed by atoms with Gasteiger partial charge in [0.25, 0.3) is 17.9 Å². The molecule has 4 heterocycles. The maximum Gasteiger partial charge on any atom is 0.293 e. The van der Waals surface area contributed by atoms with Crippen molar-refractivity contribution in [3.8, 4) is 5.69 Å². The topological polar surface area (TPSA) is 141 Å². The van der Waals surface area contributed by atoms with Crippen molar-refractivity contribution in [2.45, 2.75) is 48.6 Å². The highest BCUT2D eigenvalue weighted by atomic mass is 32.2. The summed E-state index contributed by atoms with van der Waals surface area (Å²) in [5.41, 5.74) is -2.56. The first-order chi connectivity index (χ1) is 25.7. The number of hydrogen-bond acceptors (Lipinski definition) is 8. The Morgan fingerprint density at radius 1 is 1.04 bits per heavy atom. The fourth-order valence-electron chi connectivity index (χ4n) is 7.35. The van der Waals surface area contributed by atoms with E-state index in [1.165, 1.54) is 46.9 Å². The summed E-state index contributed by atoms with van der Waals surface area (Å²) in [7, 11) is -3.94. The predicted molar refractivity (Wildman–Crippen MR) is 178 cm³/mol. The fraction of sp³-hybridized carbons (Fsp3) is 0.343. The Kier molecular flexibility index (Phi) is 8.84. The van der Waals surface area contributed by atoms with Gasteiger partial charge in [-0.2, -0.15) is 18.2 Å². The summed E-state index contributed by atoms with van der Waals surface area (Å²) in [6.07, 6.45) is -2.21. The molecule has 19 heteroatoms. The van der Waals surface area contributed by atoms with Crippen molar-refractivity contribution < 1.29 is 44.3 Å². The summed E-state index contributed by atoms with van der Waals surface area (Å²) in [5, 5.41) is 6.32. The molecule has 1 N–H and O–H groups in total. The van der Waals surface area contributed by atoms with Gasteiger partial charge in [0.1, 0.15) is 35.4 Å². The SMILES string of the molecule is O=C(Cn1nc(C(F)F)c2c1C(F)(F)C1CC21)NC(Cc1cc(F)cc(F)c1)c1nc2ncccc2c(=O)n1-c1ccc(S(=O)(=O)N2CCOCC2)cc1. The quantitative estimate of drug-likeness (QED) is 0.205. The molecule has 3 aromatic heterocycles. The van der Waals surface area contributed by atoms with Gasteiger partial charge in [0, 0.05) is 43.3 Å². The van der Waals surface area contributed by atoms with Gasteiger partial charge in [-0.25, -0.2) is 35.9 Å². The van der Waals surface area contributed by atoms with Crippen LogP contribution in [0.15, 0.2) is 70.5 Å². The van der Waals surface area contributed by atoms with Crippen molar-refractivity contribution in [2.75, 3.05) is 26.3 Å². The second kappa shape index (κ2) is 13.3. The van der Waals surface area contributed by atoms with Crippen LogP contribution in [0.2, 0.25) is 0 Å². The Bertz CT molecular complexity index is 2450. The maximum atomic E-state index is 15.3. The van der Waals surface area contributed by atoms with Crippen LogP contribution in [0.5, 0.6) is 0 Å². The number of hydrogen-bond donors (Lipinski definition) is 1. The number of sulfonamides is 1. The summed E-state index contributed by atoms with van der Waals surface area (Å²) in [6, 6.07) is 9.33. The smallest absolute Gasteiger partial charge is 0.293 e. The van der Waals surface area contributed by atoms with Crippen molar-refractivity contribution in [1.82, 2.24) is 33.9 Å². The first-order valence-electron chi connectivity index (χ1n) is 16.8. The van der Waals surface area contributed by atoms with Gasteiger partial charge in [-0.3, -0.25) is 18.8 Å². The van der Waals surface area contributed by atoms with Gasteiger partial charge in [-0.05, 0) is 66.4 Å². The van der Waals surface area contributed by atoms with E-state index < -0.39 is 87.7 Å². The van der Waals surface area contributed by atoms with Gasteiger partial charge in [-0.15, -0.1) is 0 Å². The number of pyridine rings is 1. The number of carbonyl (C=O) groups is 1. The lowest BCUT2D eigenvalue weighted by Gasteiger charge is -2.26. The molecule has 3 atom stereocenters. The van der Waals surface area contributed by atoms with Gasteiger partial charge in [0.2, 0.25) is 15.9 Å². The molecule has 2 aromatic carbocycles. The molecule has 3 unspecified atom stereocenters. The fourth-order valence-corrected chi connectivity index (χ4v) is 8.76. The minimum atomic E-state index is -3.94. The number of alkyl halides is 4. The molecular weight excluding hydrogens is 744 g/mol. The lowest BCUT2D eigenvalue weighted by Crippen LogP contribution is -2.40. The molecular formula is C35H29F6N7O5S. The molecule has 1 amide bonds. The summed E-state index contributed by atoms with van der Waals surface area (Å²) in [5.74, 6) is -8.63. The second-order valence-corrected chi connectivity index (χ2v) is 15.2. The normalized spacial score (nSPS) is 19.8. The number of fused-ring (bicyclic) bond motifs is 4.